The highest BCUT2D eigenvalue weighted by Gasteiger charge is 2.22. The van der Waals surface area contributed by atoms with Gasteiger partial charge in [0.2, 0.25) is 10.0 Å². The minimum absolute atomic E-state index is 0.0775. The molecule has 0 atom stereocenters. The number of nitrogens with one attached hydrogen (secondary N) is 2. The number of sulfonamides is 1. The molecule has 0 aliphatic rings. The first-order valence-electron chi connectivity index (χ1n) is 5.33. The van der Waals surface area contributed by atoms with E-state index >= 15 is 0 Å². The quantitative estimate of drug-likeness (QED) is 0.793. The fraction of sp³-hybridized carbons (Fsp3) is 0.364. The van der Waals surface area contributed by atoms with Gasteiger partial charge in [-0.25, -0.2) is 13.1 Å². The molecule has 0 radical (unpaired) electrons. The number of methoxy groups -OCH3 is 2. The molecule has 0 aliphatic heterocycles. The van der Waals surface area contributed by atoms with Gasteiger partial charge in [0.25, 0.3) is 5.91 Å². The number of rotatable bonds is 5. The molecule has 0 heterocycles. The minimum atomic E-state index is -3.69. The molecule has 106 valence electrons. The summed E-state index contributed by atoms with van der Waals surface area (Å²) < 4.78 is 35.9. The van der Waals surface area contributed by atoms with Crippen LogP contribution in [0.3, 0.4) is 0 Å². The van der Waals surface area contributed by atoms with E-state index in [4.69, 9.17) is 9.47 Å². The van der Waals surface area contributed by atoms with Crippen molar-refractivity contribution in [1.82, 2.24) is 10.0 Å². The van der Waals surface area contributed by atoms with Gasteiger partial charge < -0.3 is 14.8 Å². The van der Waals surface area contributed by atoms with Crippen molar-refractivity contribution in [3.63, 3.8) is 0 Å². The summed E-state index contributed by atoms with van der Waals surface area (Å²) in [6.45, 7) is 0. The van der Waals surface area contributed by atoms with Gasteiger partial charge in [-0.15, -0.1) is 0 Å². The van der Waals surface area contributed by atoms with Crippen LogP contribution in [0.4, 0.5) is 0 Å². The SMILES string of the molecule is CNC(=O)c1cc(S(=O)(=O)NC)cc(OC)c1OC. The number of hydrogen-bond acceptors (Lipinski definition) is 5. The monoisotopic (exact) mass is 288 g/mol. The second-order valence-corrected chi connectivity index (χ2v) is 5.38. The third kappa shape index (κ3) is 2.96. The first kappa shape index (κ1) is 15.3. The highest BCUT2D eigenvalue weighted by Crippen LogP contribution is 2.34. The van der Waals surface area contributed by atoms with Crippen molar-refractivity contribution in [3.05, 3.63) is 17.7 Å². The Balaban J connectivity index is 3.60. The molecule has 2 N–H and O–H groups in total. The molecule has 0 aliphatic carbocycles. The molecular formula is C11H16N2O5S. The lowest BCUT2D eigenvalue weighted by Crippen LogP contribution is -2.22. The van der Waals surface area contributed by atoms with E-state index in [1.807, 2.05) is 0 Å². The van der Waals surface area contributed by atoms with Crippen LogP contribution >= 0.6 is 0 Å². The highest BCUT2D eigenvalue weighted by atomic mass is 32.2. The van der Waals surface area contributed by atoms with Gasteiger partial charge in [0, 0.05) is 13.1 Å². The number of ether oxygens (including phenoxy) is 2. The molecule has 7 nitrogen and oxygen atoms in total. The summed E-state index contributed by atoms with van der Waals surface area (Å²) in [6.07, 6.45) is 0. The molecule has 0 aromatic heterocycles. The lowest BCUT2D eigenvalue weighted by atomic mass is 10.1. The van der Waals surface area contributed by atoms with Crippen molar-refractivity contribution in [2.24, 2.45) is 0 Å². The summed E-state index contributed by atoms with van der Waals surface area (Å²) in [6, 6.07) is 2.52. The van der Waals surface area contributed by atoms with E-state index in [2.05, 4.69) is 10.0 Å². The van der Waals surface area contributed by atoms with Gasteiger partial charge in [-0.1, -0.05) is 0 Å². The summed E-state index contributed by atoms with van der Waals surface area (Å²) in [7, 11) is 1.77. The molecule has 1 aromatic carbocycles. The molecule has 0 saturated heterocycles. The van der Waals surface area contributed by atoms with E-state index < -0.39 is 15.9 Å². The van der Waals surface area contributed by atoms with Gasteiger partial charge in [-0.3, -0.25) is 4.79 Å². The molecule has 1 amide bonds. The second-order valence-electron chi connectivity index (χ2n) is 3.49. The standard InChI is InChI=1S/C11H16N2O5S/c1-12-11(14)8-5-7(19(15,16)13-2)6-9(17-3)10(8)18-4/h5-6,13H,1-4H3,(H,12,14). The topological polar surface area (TPSA) is 93.7 Å². The van der Waals surface area contributed by atoms with Gasteiger partial charge in [0.15, 0.2) is 11.5 Å². The van der Waals surface area contributed by atoms with Gasteiger partial charge >= 0.3 is 0 Å². The largest absolute Gasteiger partial charge is 0.493 e. The van der Waals surface area contributed by atoms with Crippen LogP contribution in [0.25, 0.3) is 0 Å². The number of amides is 1. The Kier molecular flexibility index (Phi) is 4.73. The fourth-order valence-electron chi connectivity index (χ4n) is 1.52. The predicted molar refractivity (Wildman–Crippen MR) is 69.2 cm³/mol. The van der Waals surface area contributed by atoms with Crippen LogP contribution < -0.4 is 19.5 Å². The molecule has 0 saturated carbocycles. The molecule has 0 fully saturated rings. The van der Waals surface area contributed by atoms with Gasteiger partial charge in [-0.05, 0) is 13.1 Å². The first-order valence-corrected chi connectivity index (χ1v) is 6.81. The smallest absolute Gasteiger partial charge is 0.254 e. The third-order valence-corrected chi connectivity index (χ3v) is 3.90. The number of carbonyl (C=O) groups excluding carboxylic acids is 1. The Morgan fingerprint density at radius 3 is 2.21 bits per heavy atom. The minimum Gasteiger partial charge on any atom is -0.493 e. The van der Waals surface area contributed by atoms with E-state index in [0.29, 0.717) is 0 Å². The fourth-order valence-corrected chi connectivity index (χ4v) is 2.29. The van der Waals surface area contributed by atoms with Gasteiger partial charge in [-0.2, -0.15) is 0 Å². The van der Waals surface area contributed by atoms with Crippen molar-refractivity contribution >= 4 is 15.9 Å². The maximum absolute atomic E-state index is 11.8. The zero-order valence-electron chi connectivity index (χ0n) is 11.1. The summed E-state index contributed by atoms with van der Waals surface area (Å²) in [4.78, 5) is 11.7. The lowest BCUT2D eigenvalue weighted by molar-refractivity contribution is 0.0959. The number of carbonyl (C=O) groups is 1. The Morgan fingerprint density at radius 1 is 1.16 bits per heavy atom. The summed E-state index contributed by atoms with van der Waals surface area (Å²) in [5, 5.41) is 2.41. The van der Waals surface area contributed by atoms with Crippen LogP contribution in [0.5, 0.6) is 11.5 Å². The maximum atomic E-state index is 11.8. The van der Waals surface area contributed by atoms with Crippen LogP contribution in [0.1, 0.15) is 10.4 Å². The molecule has 8 heteroatoms. The Hall–Kier alpha value is -1.80. The molecule has 19 heavy (non-hydrogen) atoms. The lowest BCUT2D eigenvalue weighted by Gasteiger charge is -2.14. The average molecular weight is 288 g/mol. The molecule has 1 rings (SSSR count). The van der Waals surface area contributed by atoms with Gasteiger partial charge in [0.1, 0.15) is 0 Å². The zero-order chi connectivity index (χ0) is 14.6. The summed E-state index contributed by atoms with van der Waals surface area (Å²) in [5.74, 6) is -0.127. The van der Waals surface area contributed by atoms with Crippen LogP contribution in [0.2, 0.25) is 0 Å². The highest BCUT2D eigenvalue weighted by molar-refractivity contribution is 7.89. The van der Waals surface area contributed by atoms with E-state index in [1.54, 1.807) is 0 Å². The Morgan fingerprint density at radius 2 is 1.79 bits per heavy atom. The Bertz CT molecular complexity index is 583. The van der Waals surface area contributed by atoms with E-state index in [9.17, 15) is 13.2 Å². The van der Waals surface area contributed by atoms with Gasteiger partial charge in [0.05, 0.1) is 24.7 Å². The third-order valence-electron chi connectivity index (χ3n) is 2.50. The number of benzene rings is 1. The van der Waals surface area contributed by atoms with Crippen molar-refractivity contribution in [2.45, 2.75) is 4.90 Å². The second kappa shape index (κ2) is 5.89. The molecule has 0 bridgehead atoms. The van der Waals surface area contributed by atoms with E-state index in [0.717, 1.165) is 0 Å². The predicted octanol–water partition coefficient (Wildman–Crippen LogP) is -0.0285. The zero-order valence-corrected chi connectivity index (χ0v) is 11.9. The van der Waals surface area contributed by atoms with Crippen molar-refractivity contribution in [1.29, 1.82) is 0 Å². The van der Waals surface area contributed by atoms with Crippen LogP contribution in [0.15, 0.2) is 17.0 Å². The Labute approximate surface area is 112 Å². The molecule has 0 unspecified atom stereocenters. The van der Waals surface area contributed by atoms with Crippen LogP contribution in [-0.4, -0.2) is 42.6 Å². The molecular weight excluding hydrogens is 272 g/mol. The summed E-state index contributed by atoms with van der Waals surface area (Å²) >= 11 is 0. The van der Waals surface area contributed by atoms with Crippen molar-refractivity contribution < 1.29 is 22.7 Å². The van der Waals surface area contributed by atoms with E-state index in [-0.39, 0.29) is 22.0 Å². The van der Waals surface area contributed by atoms with E-state index in [1.165, 1.54) is 40.4 Å². The normalized spacial score (nSPS) is 10.9. The first-order chi connectivity index (χ1) is 8.91. The average Bonchev–Trinajstić information content (AvgIpc) is 2.44. The van der Waals surface area contributed by atoms with Crippen LogP contribution in [0, 0.1) is 0 Å². The van der Waals surface area contributed by atoms with Crippen molar-refractivity contribution in [3.8, 4) is 11.5 Å². The summed E-state index contributed by atoms with van der Waals surface area (Å²) in [5.41, 5.74) is 0.0816. The molecule has 1 aromatic rings. The molecule has 0 spiro atoms. The van der Waals surface area contributed by atoms with Crippen molar-refractivity contribution in [2.75, 3.05) is 28.3 Å². The number of hydrogen-bond donors (Lipinski definition) is 2. The maximum Gasteiger partial charge on any atom is 0.254 e. The van der Waals surface area contributed by atoms with Crippen LogP contribution in [-0.2, 0) is 10.0 Å².